The summed E-state index contributed by atoms with van der Waals surface area (Å²) in [6, 6.07) is 5.88. The van der Waals surface area contributed by atoms with Crippen LogP contribution in [0, 0.1) is 6.92 Å². The van der Waals surface area contributed by atoms with Crippen LogP contribution in [0.25, 0.3) is 0 Å². The molecule has 1 rings (SSSR count). The number of nitrogens with one attached hydrogen (secondary N) is 1. The van der Waals surface area contributed by atoms with Gasteiger partial charge in [0.25, 0.3) is 0 Å². The molecule has 0 unspecified atom stereocenters. The molecule has 0 aliphatic carbocycles. The molecule has 0 saturated heterocycles. The predicted molar refractivity (Wildman–Crippen MR) is 72.0 cm³/mol. The van der Waals surface area contributed by atoms with Gasteiger partial charge in [0.1, 0.15) is 0 Å². The second kappa shape index (κ2) is 8.34. The number of benzene rings is 1. The maximum Gasteiger partial charge on any atom is 0.0700 e. The highest BCUT2D eigenvalue weighted by molar-refractivity contribution is 6.31. The number of hydrogen-bond acceptors (Lipinski definition) is 3. The van der Waals surface area contributed by atoms with Crippen molar-refractivity contribution in [1.29, 1.82) is 0 Å². The quantitative estimate of drug-likeness (QED) is 0.726. The molecule has 0 radical (unpaired) electrons. The van der Waals surface area contributed by atoms with Crippen LogP contribution in [0.4, 0.5) is 5.69 Å². The molecule has 1 aromatic carbocycles. The summed E-state index contributed by atoms with van der Waals surface area (Å²) in [7, 11) is 1.67. The Bertz CT molecular complexity index is 331. The number of halogens is 1. The average Bonchev–Trinajstić information content (AvgIpc) is 2.33. The van der Waals surface area contributed by atoms with Gasteiger partial charge in [-0.25, -0.2) is 0 Å². The highest BCUT2D eigenvalue weighted by Gasteiger charge is 2.00. The Morgan fingerprint density at radius 3 is 2.82 bits per heavy atom. The van der Waals surface area contributed by atoms with Gasteiger partial charge < -0.3 is 14.8 Å². The van der Waals surface area contributed by atoms with Crippen LogP contribution in [0.2, 0.25) is 5.02 Å². The first kappa shape index (κ1) is 14.3. The molecule has 17 heavy (non-hydrogen) atoms. The van der Waals surface area contributed by atoms with Crippen molar-refractivity contribution >= 4 is 17.3 Å². The first-order valence-corrected chi connectivity index (χ1v) is 6.19. The molecular weight excluding hydrogens is 238 g/mol. The molecule has 1 N–H and O–H groups in total. The van der Waals surface area contributed by atoms with Crippen LogP contribution in [-0.2, 0) is 9.47 Å². The van der Waals surface area contributed by atoms with E-state index in [0.717, 1.165) is 35.8 Å². The molecule has 0 saturated carbocycles. The van der Waals surface area contributed by atoms with Gasteiger partial charge in [-0.15, -0.1) is 0 Å². The molecule has 96 valence electrons. The summed E-state index contributed by atoms with van der Waals surface area (Å²) in [5.74, 6) is 0. The molecule has 1 aromatic rings. The van der Waals surface area contributed by atoms with Crippen molar-refractivity contribution in [2.45, 2.75) is 13.3 Å². The lowest BCUT2D eigenvalue weighted by Crippen LogP contribution is -2.09. The SMILES string of the molecule is COCCOCCCNc1cccc(Cl)c1C. The van der Waals surface area contributed by atoms with Gasteiger partial charge in [0, 0.05) is 31.0 Å². The van der Waals surface area contributed by atoms with Crippen molar-refractivity contribution in [3.05, 3.63) is 28.8 Å². The lowest BCUT2D eigenvalue weighted by molar-refractivity contribution is 0.0705. The Labute approximate surface area is 108 Å². The fraction of sp³-hybridized carbons (Fsp3) is 0.538. The maximum atomic E-state index is 6.03. The Hall–Kier alpha value is -0.770. The minimum Gasteiger partial charge on any atom is -0.385 e. The van der Waals surface area contributed by atoms with E-state index < -0.39 is 0 Å². The molecular formula is C13H20ClNO2. The van der Waals surface area contributed by atoms with Crippen molar-refractivity contribution < 1.29 is 9.47 Å². The summed E-state index contributed by atoms with van der Waals surface area (Å²) < 4.78 is 10.3. The first-order valence-electron chi connectivity index (χ1n) is 5.81. The van der Waals surface area contributed by atoms with Crippen molar-refractivity contribution in [1.82, 2.24) is 0 Å². The zero-order chi connectivity index (χ0) is 12.5. The number of hydrogen-bond donors (Lipinski definition) is 1. The lowest BCUT2D eigenvalue weighted by Gasteiger charge is -2.10. The van der Waals surface area contributed by atoms with E-state index in [-0.39, 0.29) is 0 Å². The Morgan fingerprint density at radius 2 is 2.06 bits per heavy atom. The number of rotatable bonds is 8. The monoisotopic (exact) mass is 257 g/mol. The van der Waals surface area contributed by atoms with E-state index in [0.29, 0.717) is 13.2 Å². The highest BCUT2D eigenvalue weighted by atomic mass is 35.5. The zero-order valence-electron chi connectivity index (χ0n) is 10.5. The van der Waals surface area contributed by atoms with Crippen molar-refractivity contribution in [3.63, 3.8) is 0 Å². The van der Waals surface area contributed by atoms with Gasteiger partial charge in [0.15, 0.2) is 0 Å². The Balaban J connectivity index is 2.16. The zero-order valence-corrected chi connectivity index (χ0v) is 11.2. The maximum absolute atomic E-state index is 6.03. The number of ether oxygens (including phenoxy) is 2. The van der Waals surface area contributed by atoms with E-state index in [9.17, 15) is 0 Å². The topological polar surface area (TPSA) is 30.5 Å². The fourth-order valence-corrected chi connectivity index (χ4v) is 1.62. The molecule has 0 aliphatic heterocycles. The number of methoxy groups -OCH3 is 1. The Morgan fingerprint density at radius 1 is 1.24 bits per heavy atom. The van der Waals surface area contributed by atoms with E-state index in [1.807, 2.05) is 25.1 Å². The van der Waals surface area contributed by atoms with Gasteiger partial charge in [-0.05, 0) is 31.0 Å². The highest BCUT2D eigenvalue weighted by Crippen LogP contribution is 2.22. The van der Waals surface area contributed by atoms with Crippen LogP contribution in [0.15, 0.2) is 18.2 Å². The summed E-state index contributed by atoms with van der Waals surface area (Å²) in [6.45, 7) is 4.96. The molecule has 0 bridgehead atoms. The summed E-state index contributed by atoms with van der Waals surface area (Å²) in [4.78, 5) is 0. The predicted octanol–water partition coefficient (Wildman–Crippen LogP) is 3.11. The minimum absolute atomic E-state index is 0.654. The van der Waals surface area contributed by atoms with E-state index >= 15 is 0 Å². The van der Waals surface area contributed by atoms with Gasteiger partial charge >= 0.3 is 0 Å². The fourth-order valence-electron chi connectivity index (χ4n) is 1.44. The largest absolute Gasteiger partial charge is 0.385 e. The van der Waals surface area contributed by atoms with Gasteiger partial charge in [0.2, 0.25) is 0 Å². The van der Waals surface area contributed by atoms with Crippen LogP contribution in [0.5, 0.6) is 0 Å². The van der Waals surface area contributed by atoms with Gasteiger partial charge in [0.05, 0.1) is 13.2 Å². The average molecular weight is 258 g/mol. The third kappa shape index (κ3) is 5.39. The third-order valence-corrected chi connectivity index (χ3v) is 2.89. The number of anilines is 1. The normalized spacial score (nSPS) is 10.5. The molecule has 3 nitrogen and oxygen atoms in total. The second-order valence-corrected chi connectivity index (χ2v) is 4.21. The summed E-state index contributed by atoms with van der Waals surface area (Å²) in [6.07, 6.45) is 0.968. The minimum atomic E-state index is 0.654. The van der Waals surface area contributed by atoms with Crippen LogP contribution in [-0.4, -0.2) is 33.5 Å². The third-order valence-electron chi connectivity index (χ3n) is 2.48. The summed E-state index contributed by atoms with van der Waals surface area (Å²) in [5.41, 5.74) is 2.18. The summed E-state index contributed by atoms with van der Waals surface area (Å²) >= 11 is 6.03. The van der Waals surface area contributed by atoms with E-state index in [2.05, 4.69) is 5.32 Å². The van der Waals surface area contributed by atoms with Crippen LogP contribution in [0.3, 0.4) is 0 Å². The van der Waals surface area contributed by atoms with Gasteiger partial charge in [-0.3, -0.25) is 0 Å². The second-order valence-electron chi connectivity index (χ2n) is 3.80. The smallest absolute Gasteiger partial charge is 0.0700 e. The summed E-state index contributed by atoms with van der Waals surface area (Å²) in [5, 5.41) is 4.15. The Kier molecular flexibility index (Phi) is 7.01. The van der Waals surface area contributed by atoms with Gasteiger partial charge in [-0.2, -0.15) is 0 Å². The standard InChI is InChI=1S/C13H20ClNO2/c1-11-12(14)5-3-6-13(11)15-7-4-8-17-10-9-16-2/h3,5-6,15H,4,7-10H2,1-2H3. The lowest BCUT2D eigenvalue weighted by atomic mass is 10.2. The molecule has 0 amide bonds. The van der Waals surface area contributed by atoms with E-state index in [4.69, 9.17) is 21.1 Å². The van der Waals surface area contributed by atoms with Crippen LogP contribution >= 0.6 is 11.6 Å². The van der Waals surface area contributed by atoms with Crippen molar-refractivity contribution in [2.75, 3.05) is 38.8 Å². The molecule has 4 heteroatoms. The first-order chi connectivity index (χ1) is 8.25. The van der Waals surface area contributed by atoms with E-state index in [1.54, 1.807) is 7.11 Å². The molecule has 0 spiro atoms. The van der Waals surface area contributed by atoms with Gasteiger partial charge in [-0.1, -0.05) is 17.7 Å². The molecule has 0 fully saturated rings. The van der Waals surface area contributed by atoms with Crippen LogP contribution < -0.4 is 5.32 Å². The van der Waals surface area contributed by atoms with Crippen molar-refractivity contribution in [3.8, 4) is 0 Å². The molecule has 0 aromatic heterocycles. The van der Waals surface area contributed by atoms with Crippen LogP contribution in [0.1, 0.15) is 12.0 Å². The van der Waals surface area contributed by atoms with E-state index in [1.165, 1.54) is 0 Å². The molecule has 0 heterocycles. The molecule has 0 atom stereocenters. The van der Waals surface area contributed by atoms with Crippen molar-refractivity contribution in [2.24, 2.45) is 0 Å². The molecule has 0 aliphatic rings.